The van der Waals surface area contributed by atoms with Gasteiger partial charge in [0.05, 0.1) is 11.4 Å². The molecule has 2 amide bonds. The van der Waals surface area contributed by atoms with Crippen molar-refractivity contribution in [1.29, 1.82) is 0 Å². The molecular weight excluding hydrogens is 360 g/mol. The molecule has 27 heavy (non-hydrogen) atoms. The SMILES string of the molecule is Cc1ccc(CN(C)C(=O)[C@@H](Cc2ccccc2)NC(=O)c2cccs2)o1. The number of carbonyl (C=O) groups is 2. The number of nitrogens with one attached hydrogen (secondary N) is 1. The van der Waals surface area contributed by atoms with Crippen LogP contribution in [-0.4, -0.2) is 29.8 Å². The average molecular weight is 382 g/mol. The molecule has 1 N–H and O–H groups in total. The first-order valence-electron chi connectivity index (χ1n) is 8.71. The average Bonchev–Trinajstić information content (AvgIpc) is 3.33. The number of carbonyl (C=O) groups excluding carboxylic acids is 2. The number of aryl methyl sites for hydroxylation is 1. The molecule has 2 heterocycles. The lowest BCUT2D eigenvalue weighted by molar-refractivity contribution is -0.132. The Hall–Kier alpha value is -2.86. The third-order valence-electron chi connectivity index (χ3n) is 4.20. The molecule has 3 rings (SSSR count). The Morgan fingerprint density at radius 2 is 1.89 bits per heavy atom. The predicted molar refractivity (Wildman–Crippen MR) is 106 cm³/mol. The Kier molecular flexibility index (Phi) is 6.08. The Morgan fingerprint density at radius 1 is 1.11 bits per heavy atom. The molecule has 0 spiro atoms. The number of nitrogens with zero attached hydrogens (tertiary/aromatic N) is 1. The van der Waals surface area contributed by atoms with Gasteiger partial charge in [-0.1, -0.05) is 36.4 Å². The molecule has 6 heteroatoms. The van der Waals surface area contributed by atoms with Crippen LogP contribution in [0.3, 0.4) is 0 Å². The zero-order chi connectivity index (χ0) is 19.2. The van der Waals surface area contributed by atoms with E-state index >= 15 is 0 Å². The van der Waals surface area contributed by atoms with Crippen LogP contribution < -0.4 is 5.32 Å². The summed E-state index contributed by atoms with van der Waals surface area (Å²) in [6.45, 7) is 2.22. The molecule has 0 aliphatic carbocycles. The maximum absolute atomic E-state index is 13.0. The van der Waals surface area contributed by atoms with Gasteiger partial charge >= 0.3 is 0 Å². The molecule has 1 aromatic carbocycles. The lowest BCUT2D eigenvalue weighted by Crippen LogP contribution is -2.48. The number of benzene rings is 1. The van der Waals surface area contributed by atoms with E-state index in [1.807, 2.05) is 60.8 Å². The number of amides is 2. The molecular formula is C21H22N2O3S. The van der Waals surface area contributed by atoms with Crippen LogP contribution in [0.2, 0.25) is 0 Å². The predicted octanol–water partition coefficient (Wildman–Crippen LogP) is 3.65. The minimum absolute atomic E-state index is 0.155. The Morgan fingerprint density at radius 3 is 2.52 bits per heavy atom. The Bertz CT molecular complexity index is 887. The molecule has 0 radical (unpaired) electrons. The minimum Gasteiger partial charge on any atom is -0.464 e. The zero-order valence-electron chi connectivity index (χ0n) is 15.3. The van der Waals surface area contributed by atoms with Crippen molar-refractivity contribution in [2.24, 2.45) is 0 Å². The van der Waals surface area contributed by atoms with E-state index in [1.165, 1.54) is 11.3 Å². The van der Waals surface area contributed by atoms with Crippen molar-refractivity contribution in [1.82, 2.24) is 10.2 Å². The van der Waals surface area contributed by atoms with Gasteiger partial charge in [0.25, 0.3) is 5.91 Å². The summed E-state index contributed by atoms with van der Waals surface area (Å²) in [7, 11) is 1.72. The van der Waals surface area contributed by atoms with Gasteiger partial charge in [-0.05, 0) is 36.1 Å². The van der Waals surface area contributed by atoms with Crippen molar-refractivity contribution in [3.8, 4) is 0 Å². The minimum atomic E-state index is -0.650. The fourth-order valence-electron chi connectivity index (χ4n) is 2.83. The van der Waals surface area contributed by atoms with Gasteiger partial charge in [-0.15, -0.1) is 11.3 Å². The topological polar surface area (TPSA) is 62.6 Å². The number of hydrogen-bond acceptors (Lipinski definition) is 4. The lowest BCUT2D eigenvalue weighted by Gasteiger charge is -2.24. The van der Waals surface area contributed by atoms with Crippen LogP contribution in [0.1, 0.15) is 26.8 Å². The van der Waals surface area contributed by atoms with Crippen LogP contribution in [0.25, 0.3) is 0 Å². The number of rotatable bonds is 7. The highest BCUT2D eigenvalue weighted by atomic mass is 32.1. The molecule has 2 aromatic heterocycles. The second-order valence-electron chi connectivity index (χ2n) is 6.40. The monoisotopic (exact) mass is 382 g/mol. The third-order valence-corrected chi connectivity index (χ3v) is 5.06. The van der Waals surface area contributed by atoms with Crippen LogP contribution in [0, 0.1) is 6.92 Å². The highest BCUT2D eigenvalue weighted by molar-refractivity contribution is 7.12. The second-order valence-corrected chi connectivity index (χ2v) is 7.35. The number of thiophene rings is 1. The van der Waals surface area contributed by atoms with Crippen LogP contribution in [0.5, 0.6) is 0 Å². The van der Waals surface area contributed by atoms with Crippen molar-refractivity contribution in [2.75, 3.05) is 7.05 Å². The van der Waals surface area contributed by atoms with Crippen LogP contribution in [0.15, 0.2) is 64.4 Å². The highest BCUT2D eigenvalue weighted by Crippen LogP contribution is 2.13. The van der Waals surface area contributed by atoms with E-state index in [1.54, 1.807) is 18.0 Å². The van der Waals surface area contributed by atoms with Gasteiger partial charge in [0, 0.05) is 13.5 Å². The standard InChI is InChI=1S/C21H22N2O3S/c1-15-10-11-17(26-15)14-23(2)21(25)18(13-16-7-4-3-5-8-16)22-20(24)19-9-6-12-27-19/h3-12,18H,13-14H2,1-2H3,(H,22,24)/t18-/m1/s1. The van der Waals surface area contributed by atoms with Gasteiger partial charge in [0.2, 0.25) is 5.91 Å². The smallest absolute Gasteiger partial charge is 0.262 e. The van der Waals surface area contributed by atoms with Crippen molar-refractivity contribution in [3.63, 3.8) is 0 Å². The molecule has 0 bridgehead atoms. The summed E-state index contributed by atoms with van der Waals surface area (Å²) in [6, 6.07) is 16.3. The van der Waals surface area contributed by atoms with E-state index in [-0.39, 0.29) is 11.8 Å². The van der Waals surface area contributed by atoms with E-state index in [2.05, 4.69) is 5.32 Å². The normalized spacial score (nSPS) is 11.8. The Balaban J connectivity index is 1.74. The fraction of sp³-hybridized carbons (Fsp3) is 0.238. The van der Waals surface area contributed by atoms with E-state index in [4.69, 9.17) is 4.42 Å². The molecule has 0 aliphatic rings. The van der Waals surface area contributed by atoms with Crippen LogP contribution in [-0.2, 0) is 17.8 Å². The first-order chi connectivity index (χ1) is 13.0. The first-order valence-corrected chi connectivity index (χ1v) is 9.59. The van der Waals surface area contributed by atoms with Gasteiger partial charge in [0.1, 0.15) is 17.6 Å². The van der Waals surface area contributed by atoms with Crippen LogP contribution in [0.4, 0.5) is 0 Å². The summed E-state index contributed by atoms with van der Waals surface area (Å²) in [5.74, 6) is 1.13. The molecule has 0 saturated heterocycles. The van der Waals surface area contributed by atoms with E-state index < -0.39 is 6.04 Å². The third kappa shape index (κ3) is 5.08. The molecule has 0 fully saturated rings. The largest absolute Gasteiger partial charge is 0.464 e. The Labute approximate surface area is 162 Å². The fourth-order valence-corrected chi connectivity index (χ4v) is 3.46. The quantitative estimate of drug-likeness (QED) is 0.678. The summed E-state index contributed by atoms with van der Waals surface area (Å²) < 4.78 is 5.56. The summed E-state index contributed by atoms with van der Waals surface area (Å²) in [4.78, 5) is 27.7. The maximum Gasteiger partial charge on any atom is 0.262 e. The van der Waals surface area contributed by atoms with Gasteiger partial charge in [-0.2, -0.15) is 0 Å². The summed E-state index contributed by atoms with van der Waals surface area (Å²) in [5.41, 5.74) is 0.990. The summed E-state index contributed by atoms with van der Waals surface area (Å²) >= 11 is 1.35. The second kappa shape index (κ2) is 8.68. The van der Waals surface area contributed by atoms with Gasteiger partial charge in [0.15, 0.2) is 0 Å². The maximum atomic E-state index is 13.0. The molecule has 0 unspecified atom stereocenters. The molecule has 140 valence electrons. The molecule has 0 saturated carbocycles. The lowest BCUT2D eigenvalue weighted by atomic mass is 10.0. The number of hydrogen-bond donors (Lipinski definition) is 1. The van der Waals surface area contributed by atoms with Crippen molar-refractivity contribution in [3.05, 3.63) is 81.9 Å². The molecule has 3 aromatic rings. The van der Waals surface area contributed by atoms with Gasteiger partial charge in [-0.3, -0.25) is 9.59 Å². The van der Waals surface area contributed by atoms with Crippen molar-refractivity contribution in [2.45, 2.75) is 25.9 Å². The van der Waals surface area contributed by atoms with Gasteiger partial charge in [-0.25, -0.2) is 0 Å². The number of furan rings is 1. The zero-order valence-corrected chi connectivity index (χ0v) is 16.2. The molecule has 0 aliphatic heterocycles. The highest BCUT2D eigenvalue weighted by Gasteiger charge is 2.25. The molecule has 5 nitrogen and oxygen atoms in total. The molecule has 1 atom stereocenters. The van der Waals surface area contributed by atoms with Gasteiger partial charge < -0.3 is 14.6 Å². The van der Waals surface area contributed by atoms with E-state index in [0.717, 1.165) is 11.3 Å². The van der Waals surface area contributed by atoms with E-state index in [0.29, 0.717) is 23.6 Å². The number of likely N-dealkylation sites (N-methyl/N-ethyl adjacent to an activating group) is 1. The van der Waals surface area contributed by atoms with Crippen LogP contribution >= 0.6 is 11.3 Å². The summed E-state index contributed by atoms with van der Waals surface area (Å²) in [6.07, 6.45) is 0.429. The van der Waals surface area contributed by atoms with E-state index in [9.17, 15) is 9.59 Å². The first kappa shape index (κ1) is 18.9. The van der Waals surface area contributed by atoms with Crippen molar-refractivity contribution >= 4 is 23.2 Å². The van der Waals surface area contributed by atoms with Crippen molar-refractivity contribution < 1.29 is 14.0 Å². The summed E-state index contributed by atoms with van der Waals surface area (Å²) in [5, 5.41) is 4.73.